The number of carbonyl (C=O) groups is 1. The first kappa shape index (κ1) is 27.2. The Morgan fingerprint density at radius 3 is 2.54 bits per heavy atom. The summed E-state index contributed by atoms with van der Waals surface area (Å²) in [4.78, 5) is 12.5. The highest BCUT2D eigenvalue weighted by Gasteiger charge is 2.59. The third-order valence-electron chi connectivity index (χ3n) is 11.7. The number of esters is 1. The predicted molar refractivity (Wildman–Crippen MR) is 144 cm³/mol. The van der Waals surface area contributed by atoms with Crippen LogP contribution in [0.5, 0.6) is 0 Å². The topological polar surface area (TPSA) is 46.5 Å². The summed E-state index contributed by atoms with van der Waals surface area (Å²) in [6.45, 7) is 15.9. The van der Waals surface area contributed by atoms with Crippen molar-refractivity contribution in [2.24, 2.45) is 46.3 Å². The predicted octanol–water partition coefficient (Wildman–Crippen LogP) is 8.10. The van der Waals surface area contributed by atoms with E-state index >= 15 is 0 Å². The van der Waals surface area contributed by atoms with Crippen LogP contribution in [0, 0.1) is 46.3 Å². The zero-order chi connectivity index (χ0) is 25.6. The molecule has 35 heavy (non-hydrogen) atoms. The van der Waals surface area contributed by atoms with Crippen LogP contribution in [0.25, 0.3) is 0 Å². The molecule has 4 rings (SSSR count). The second-order valence-electron chi connectivity index (χ2n) is 14.2. The van der Waals surface area contributed by atoms with Crippen LogP contribution >= 0.6 is 0 Å². The first-order valence-electron chi connectivity index (χ1n) is 15.0. The van der Waals surface area contributed by atoms with Gasteiger partial charge in [0, 0.05) is 6.42 Å². The molecule has 3 saturated carbocycles. The Morgan fingerprint density at radius 2 is 1.86 bits per heavy atom. The van der Waals surface area contributed by atoms with Gasteiger partial charge in [0.25, 0.3) is 0 Å². The van der Waals surface area contributed by atoms with Gasteiger partial charge in [-0.2, -0.15) is 0 Å². The molecule has 0 spiro atoms. The molecule has 0 radical (unpaired) electrons. The monoisotopic (exact) mass is 486 g/mol. The first-order valence-corrected chi connectivity index (χ1v) is 15.0. The van der Waals surface area contributed by atoms with E-state index in [0.717, 1.165) is 54.8 Å². The van der Waals surface area contributed by atoms with Crippen molar-refractivity contribution in [1.29, 1.82) is 0 Å². The van der Waals surface area contributed by atoms with Crippen LogP contribution in [-0.2, 0) is 9.53 Å². The Morgan fingerprint density at radius 1 is 1.11 bits per heavy atom. The molecule has 0 amide bonds. The van der Waals surface area contributed by atoms with Crippen molar-refractivity contribution in [2.75, 3.05) is 0 Å². The fourth-order valence-electron chi connectivity index (χ4n) is 9.18. The van der Waals surface area contributed by atoms with Crippen LogP contribution in [0.3, 0.4) is 0 Å². The van der Waals surface area contributed by atoms with Gasteiger partial charge in [0.2, 0.25) is 0 Å². The van der Waals surface area contributed by atoms with Gasteiger partial charge in [-0.3, -0.25) is 0 Å². The number of allylic oxidation sites excluding steroid dienone is 1. The summed E-state index contributed by atoms with van der Waals surface area (Å²) in [5, 5.41) is 10.3. The Balaban J connectivity index is 1.44. The summed E-state index contributed by atoms with van der Waals surface area (Å²) in [5.41, 5.74) is 0.963. The smallest absolute Gasteiger partial charge is 0.338 e. The molecule has 3 fully saturated rings. The molecule has 0 saturated heterocycles. The Kier molecular flexibility index (Phi) is 7.89. The lowest BCUT2D eigenvalue weighted by atomic mass is 9.47. The van der Waals surface area contributed by atoms with Crippen LogP contribution in [0.15, 0.2) is 11.6 Å². The molecule has 0 aliphatic heterocycles. The second-order valence-corrected chi connectivity index (χ2v) is 14.2. The number of fused-ring (bicyclic) bond motifs is 5. The molecule has 0 heterocycles. The maximum absolute atomic E-state index is 12.5. The average molecular weight is 487 g/mol. The van der Waals surface area contributed by atoms with Crippen LogP contribution in [0.4, 0.5) is 0 Å². The van der Waals surface area contributed by atoms with Gasteiger partial charge in [-0.25, -0.2) is 4.79 Å². The zero-order valence-electron chi connectivity index (χ0n) is 23.9. The lowest BCUT2D eigenvalue weighted by Gasteiger charge is -2.58. The molecular weight excluding hydrogens is 432 g/mol. The third kappa shape index (κ3) is 5.01. The molecule has 1 N–H and O–H groups in total. The minimum atomic E-state index is -1.37. The van der Waals surface area contributed by atoms with Crippen molar-refractivity contribution in [3.8, 4) is 0 Å². The molecule has 9 atom stereocenters. The molecule has 3 nitrogen and oxygen atoms in total. The van der Waals surface area contributed by atoms with Crippen LogP contribution in [-0.4, -0.2) is 22.8 Å². The second kappa shape index (κ2) is 10.1. The zero-order valence-corrected chi connectivity index (χ0v) is 23.9. The first-order chi connectivity index (χ1) is 16.4. The van der Waals surface area contributed by atoms with Gasteiger partial charge in [-0.1, -0.05) is 72.5 Å². The number of carbonyl (C=O) groups excluding carboxylic acids is 1. The van der Waals surface area contributed by atoms with Gasteiger partial charge in [0.1, 0.15) is 6.10 Å². The fourth-order valence-corrected chi connectivity index (χ4v) is 9.18. The molecule has 3 heteroatoms. The summed E-state index contributed by atoms with van der Waals surface area (Å²) < 4.78 is 5.82. The van der Waals surface area contributed by atoms with E-state index in [2.05, 4.69) is 40.7 Å². The van der Waals surface area contributed by atoms with E-state index in [-0.39, 0.29) is 11.5 Å². The quantitative estimate of drug-likeness (QED) is 0.278. The standard InChI is InChI=1S/C32H54O3/c1-8-32(7,34)29(33)35-24-16-18-30(5)23(20-24)12-13-25-27-15-14-26(22(4)11-9-10-21(2)3)31(27,6)19-17-28(25)30/h12,21-22,24-28,34H,8-11,13-20H2,1-7H3/t22-,24+,25+,26-,27+,28+,30+,31-,32-/m1/s1. The van der Waals surface area contributed by atoms with Crippen molar-refractivity contribution in [3.05, 3.63) is 11.6 Å². The summed E-state index contributed by atoms with van der Waals surface area (Å²) in [7, 11) is 0. The molecule has 0 aromatic heterocycles. The van der Waals surface area contributed by atoms with Crippen molar-refractivity contribution in [1.82, 2.24) is 0 Å². The van der Waals surface area contributed by atoms with E-state index in [9.17, 15) is 9.90 Å². The number of ether oxygens (including phenoxy) is 1. The highest BCUT2D eigenvalue weighted by atomic mass is 16.6. The maximum atomic E-state index is 12.5. The summed E-state index contributed by atoms with van der Waals surface area (Å²) in [6.07, 6.45) is 16.8. The van der Waals surface area contributed by atoms with Crippen LogP contribution in [0.2, 0.25) is 0 Å². The SMILES string of the molecule is CC[C@@](C)(O)C(=O)O[C@H]1CC[C@@]2(C)C(=CC[C@H]3[C@@H]4CC[C@H]([C@H](C)CCCC(C)C)[C@@]4(C)CC[C@@H]32)C1. The van der Waals surface area contributed by atoms with Gasteiger partial charge < -0.3 is 9.84 Å². The molecule has 0 aromatic rings. The van der Waals surface area contributed by atoms with E-state index in [4.69, 9.17) is 4.74 Å². The molecule has 200 valence electrons. The highest BCUT2D eigenvalue weighted by molar-refractivity contribution is 5.78. The van der Waals surface area contributed by atoms with Gasteiger partial charge >= 0.3 is 5.97 Å². The van der Waals surface area contributed by atoms with E-state index in [1.54, 1.807) is 12.5 Å². The largest absolute Gasteiger partial charge is 0.460 e. The van der Waals surface area contributed by atoms with E-state index in [0.29, 0.717) is 11.8 Å². The van der Waals surface area contributed by atoms with E-state index < -0.39 is 11.6 Å². The summed E-state index contributed by atoms with van der Waals surface area (Å²) in [6, 6.07) is 0. The Labute approximate surface area is 215 Å². The van der Waals surface area contributed by atoms with Crippen LogP contribution < -0.4 is 0 Å². The highest BCUT2D eigenvalue weighted by Crippen LogP contribution is 2.67. The van der Waals surface area contributed by atoms with Gasteiger partial charge in [-0.05, 0) is 105 Å². The number of rotatable bonds is 8. The lowest BCUT2D eigenvalue weighted by Crippen LogP contribution is -2.51. The van der Waals surface area contributed by atoms with Crippen molar-refractivity contribution < 1.29 is 14.6 Å². The third-order valence-corrected chi connectivity index (χ3v) is 11.7. The number of hydrogen-bond acceptors (Lipinski definition) is 3. The minimum absolute atomic E-state index is 0.0761. The summed E-state index contributed by atoms with van der Waals surface area (Å²) >= 11 is 0. The number of aliphatic hydroxyl groups is 1. The molecule has 4 aliphatic rings. The van der Waals surface area contributed by atoms with Gasteiger partial charge in [-0.15, -0.1) is 0 Å². The van der Waals surface area contributed by atoms with Crippen LogP contribution in [0.1, 0.15) is 126 Å². The van der Waals surface area contributed by atoms with Crippen molar-refractivity contribution in [2.45, 2.75) is 137 Å². The molecule has 0 bridgehead atoms. The normalized spacial score (nSPS) is 41.3. The molecule has 0 aromatic carbocycles. The minimum Gasteiger partial charge on any atom is -0.460 e. The molecule has 0 unspecified atom stereocenters. The molecular formula is C32H54O3. The fraction of sp³-hybridized carbons (Fsp3) is 0.906. The lowest BCUT2D eigenvalue weighted by molar-refractivity contribution is -0.171. The van der Waals surface area contributed by atoms with E-state index in [1.165, 1.54) is 51.4 Å². The Hall–Kier alpha value is -0.830. The van der Waals surface area contributed by atoms with Gasteiger partial charge in [0.15, 0.2) is 5.60 Å². The average Bonchev–Trinajstić information content (AvgIpc) is 3.16. The van der Waals surface area contributed by atoms with Crippen molar-refractivity contribution >= 4 is 5.97 Å². The number of hydrogen-bond donors (Lipinski definition) is 1. The maximum Gasteiger partial charge on any atom is 0.338 e. The summed E-state index contributed by atoms with van der Waals surface area (Å²) in [5.74, 6) is 4.63. The van der Waals surface area contributed by atoms with E-state index in [1.807, 2.05) is 6.92 Å². The van der Waals surface area contributed by atoms with Crippen molar-refractivity contribution in [3.63, 3.8) is 0 Å². The molecule has 4 aliphatic carbocycles. The van der Waals surface area contributed by atoms with Gasteiger partial charge in [0.05, 0.1) is 0 Å². The Bertz CT molecular complexity index is 797.